The topological polar surface area (TPSA) is 17.1 Å². The molecule has 0 atom stereocenters. The van der Waals surface area contributed by atoms with Crippen LogP contribution >= 0.6 is 0 Å². The third-order valence-corrected chi connectivity index (χ3v) is 2.68. The zero-order valence-corrected chi connectivity index (χ0v) is 7.04. The minimum absolute atomic E-state index is 0.836. The fourth-order valence-corrected chi connectivity index (χ4v) is 1.43. The molecule has 46 valence electrons. The van der Waals surface area contributed by atoms with Crippen LogP contribution in [0.5, 0.6) is 0 Å². The zero-order valence-electron chi connectivity index (χ0n) is 5.16. The molecule has 0 aliphatic rings. The van der Waals surface area contributed by atoms with Gasteiger partial charge in [-0.3, -0.25) is 0 Å². The molecule has 1 aromatic rings. The van der Waals surface area contributed by atoms with Gasteiger partial charge in [-0.15, -0.1) is 0 Å². The average molecular weight is 182 g/mol. The summed E-state index contributed by atoms with van der Waals surface area (Å²) in [6, 6.07) is 7.75. The molecule has 9 heavy (non-hydrogen) atoms. The Bertz CT molecular complexity index is 220. The van der Waals surface area contributed by atoms with Crippen LogP contribution in [0.1, 0.15) is 5.56 Å². The van der Waals surface area contributed by atoms with Gasteiger partial charge in [-0.05, 0) is 0 Å². The van der Waals surface area contributed by atoms with Crippen molar-refractivity contribution in [3.8, 4) is 0 Å². The van der Waals surface area contributed by atoms with Crippen molar-refractivity contribution >= 4 is 20.0 Å². The first kappa shape index (κ1) is 6.70. The van der Waals surface area contributed by atoms with Crippen LogP contribution < -0.4 is 4.35 Å². The summed E-state index contributed by atoms with van der Waals surface area (Å²) in [7, 11) is 0. The predicted molar refractivity (Wildman–Crippen MR) is 37.3 cm³/mol. The molecule has 1 aromatic carbocycles. The number of hydrogen-bond acceptors (Lipinski definition) is 1. The molecule has 0 aliphatic heterocycles. The van der Waals surface area contributed by atoms with Crippen molar-refractivity contribution in [3.05, 3.63) is 29.8 Å². The molecule has 0 fully saturated rings. The third kappa shape index (κ3) is 1.49. The van der Waals surface area contributed by atoms with E-state index in [1.807, 2.05) is 31.2 Å². The van der Waals surface area contributed by atoms with Crippen molar-refractivity contribution in [3.63, 3.8) is 0 Å². The SMILES string of the molecule is Cc1ccccc1[As]=O. The molecule has 1 nitrogen and oxygen atoms in total. The predicted octanol–water partition coefficient (Wildman–Crippen LogP) is 0.670. The quantitative estimate of drug-likeness (QED) is 0.583. The molecule has 2 heteroatoms. The van der Waals surface area contributed by atoms with Crippen LogP contribution in [0.15, 0.2) is 24.3 Å². The van der Waals surface area contributed by atoms with Crippen molar-refractivity contribution in [2.45, 2.75) is 6.92 Å². The van der Waals surface area contributed by atoms with Crippen molar-refractivity contribution in [1.82, 2.24) is 0 Å². The molecule has 0 bridgehead atoms. The molecule has 0 amide bonds. The average Bonchev–Trinajstić information content (AvgIpc) is 1.89. The Kier molecular flexibility index (Phi) is 2.18. The van der Waals surface area contributed by atoms with Gasteiger partial charge in [-0.25, -0.2) is 0 Å². The molecule has 0 N–H and O–H groups in total. The Hall–Kier alpha value is -0.422. The standard InChI is InChI=1S/C7H7AsO/c1-6-4-2-3-5-7(6)8-9/h2-5H,1H3. The zero-order chi connectivity index (χ0) is 6.69. The Morgan fingerprint density at radius 1 is 1.33 bits per heavy atom. The van der Waals surface area contributed by atoms with E-state index in [1.165, 1.54) is 0 Å². The van der Waals surface area contributed by atoms with Gasteiger partial charge in [0.2, 0.25) is 0 Å². The van der Waals surface area contributed by atoms with Crippen molar-refractivity contribution in [2.24, 2.45) is 0 Å². The van der Waals surface area contributed by atoms with E-state index >= 15 is 0 Å². The van der Waals surface area contributed by atoms with Crippen LogP contribution in [-0.4, -0.2) is 15.7 Å². The summed E-state index contributed by atoms with van der Waals surface area (Å²) in [6.07, 6.45) is 0. The van der Waals surface area contributed by atoms with E-state index in [-0.39, 0.29) is 0 Å². The Morgan fingerprint density at radius 2 is 2.00 bits per heavy atom. The van der Waals surface area contributed by atoms with Crippen LogP contribution in [0.3, 0.4) is 0 Å². The van der Waals surface area contributed by atoms with Crippen LogP contribution in [0.4, 0.5) is 0 Å². The van der Waals surface area contributed by atoms with Gasteiger partial charge in [0.25, 0.3) is 0 Å². The molecule has 0 aliphatic carbocycles. The maximum absolute atomic E-state index is 10.4. The van der Waals surface area contributed by atoms with Crippen molar-refractivity contribution in [1.29, 1.82) is 0 Å². The summed E-state index contributed by atoms with van der Waals surface area (Å²) >= 11 is -0.836. The molecule has 0 saturated heterocycles. The van der Waals surface area contributed by atoms with E-state index in [9.17, 15) is 3.74 Å². The molecule has 0 aromatic heterocycles. The summed E-state index contributed by atoms with van der Waals surface area (Å²) in [5.74, 6) is 0. The first-order chi connectivity index (χ1) is 4.34. The van der Waals surface area contributed by atoms with Gasteiger partial charge in [0.15, 0.2) is 0 Å². The molecular weight excluding hydrogens is 175 g/mol. The third-order valence-electron chi connectivity index (χ3n) is 1.21. The second kappa shape index (κ2) is 2.93. The van der Waals surface area contributed by atoms with Crippen LogP contribution in [-0.2, 0) is 3.74 Å². The van der Waals surface area contributed by atoms with Crippen molar-refractivity contribution < 1.29 is 3.74 Å². The van der Waals surface area contributed by atoms with Crippen LogP contribution in [0.25, 0.3) is 0 Å². The summed E-state index contributed by atoms with van der Waals surface area (Å²) in [5, 5.41) is 0. The summed E-state index contributed by atoms with van der Waals surface area (Å²) in [5.41, 5.74) is 1.13. The fraction of sp³-hybridized carbons (Fsp3) is 0.143. The van der Waals surface area contributed by atoms with Crippen LogP contribution in [0, 0.1) is 6.92 Å². The Morgan fingerprint density at radius 3 is 2.44 bits per heavy atom. The molecular formula is C7H7AsO. The molecule has 0 heterocycles. The molecule has 0 saturated carbocycles. The van der Waals surface area contributed by atoms with E-state index in [1.54, 1.807) is 0 Å². The van der Waals surface area contributed by atoms with Crippen LogP contribution in [0.2, 0.25) is 0 Å². The molecule has 0 unspecified atom stereocenters. The number of aryl methyl sites for hydroxylation is 1. The van der Waals surface area contributed by atoms with E-state index in [4.69, 9.17) is 0 Å². The Labute approximate surface area is 61.0 Å². The van der Waals surface area contributed by atoms with E-state index < -0.39 is 15.7 Å². The summed E-state index contributed by atoms with van der Waals surface area (Å²) in [4.78, 5) is 0. The normalized spacial score (nSPS) is 9.89. The number of hydrogen-bond donors (Lipinski definition) is 0. The number of rotatable bonds is 1. The first-order valence-electron chi connectivity index (χ1n) is 2.73. The monoisotopic (exact) mass is 182 g/mol. The second-order valence-corrected chi connectivity index (χ2v) is 3.27. The molecule has 0 spiro atoms. The summed E-state index contributed by atoms with van der Waals surface area (Å²) in [6.45, 7) is 1.98. The fourth-order valence-electron chi connectivity index (χ4n) is 0.666. The minimum atomic E-state index is -0.836. The maximum atomic E-state index is 10.4. The Balaban J connectivity index is 3.15. The van der Waals surface area contributed by atoms with E-state index in [0.717, 1.165) is 9.91 Å². The molecule has 0 radical (unpaired) electrons. The second-order valence-electron chi connectivity index (χ2n) is 1.88. The van der Waals surface area contributed by atoms with Gasteiger partial charge in [-0.1, -0.05) is 0 Å². The molecule has 1 rings (SSSR count). The summed E-state index contributed by atoms with van der Waals surface area (Å²) < 4.78 is 11.4. The van der Waals surface area contributed by atoms with E-state index in [2.05, 4.69) is 0 Å². The van der Waals surface area contributed by atoms with Gasteiger partial charge in [-0.2, -0.15) is 0 Å². The van der Waals surface area contributed by atoms with Crippen molar-refractivity contribution in [2.75, 3.05) is 0 Å². The first-order valence-corrected chi connectivity index (χ1v) is 4.44. The van der Waals surface area contributed by atoms with Gasteiger partial charge in [0.1, 0.15) is 0 Å². The van der Waals surface area contributed by atoms with E-state index in [0.29, 0.717) is 0 Å². The van der Waals surface area contributed by atoms with Gasteiger partial charge in [0.05, 0.1) is 0 Å². The van der Waals surface area contributed by atoms with Gasteiger partial charge < -0.3 is 0 Å². The number of benzene rings is 1. The van der Waals surface area contributed by atoms with Gasteiger partial charge in [0, 0.05) is 0 Å². The van der Waals surface area contributed by atoms with Gasteiger partial charge >= 0.3 is 60.5 Å².